The molecule has 2 aromatic rings. The number of hydrogen-bond acceptors (Lipinski definition) is 7. The molecule has 0 saturated heterocycles. The summed E-state index contributed by atoms with van der Waals surface area (Å²) >= 11 is 0. The largest absolute Gasteiger partial charge is 0.496 e. The molecular formula is C20H20N2O7. The Morgan fingerprint density at radius 3 is 2.45 bits per heavy atom. The lowest BCUT2D eigenvalue weighted by Gasteiger charge is -2.29. The van der Waals surface area contributed by atoms with E-state index in [1.54, 1.807) is 24.3 Å². The van der Waals surface area contributed by atoms with Crippen molar-refractivity contribution in [1.29, 1.82) is 0 Å². The predicted molar refractivity (Wildman–Crippen MR) is 104 cm³/mol. The van der Waals surface area contributed by atoms with Gasteiger partial charge in [0.1, 0.15) is 17.1 Å². The molecule has 1 heterocycles. The molecule has 0 spiro atoms. The third kappa shape index (κ3) is 4.13. The standard InChI is InChI=1S/C20H20N2O7/c1-27-16-6-3-7-17(28-2)19(16)20(24)29-12-18(23)21-10-4-5-13-11-14(22(25)26)8-9-15(13)21/h3,6-9,11H,4-5,10,12H2,1-2H3. The fourth-order valence-electron chi connectivity index (χ4n) is 3.29. The van der Waals surface area contributed by atoms with Crippen LogP contribution in [0.25, 0.3) is 0 Å². The van der Waals surface area contributed by atoms with Gasteiger partial charge >= 0.3 is 5.97 Å². The maximum atomic E-state index is 12.7. The lowest BCUT2D eigenvalue weighted by atomic mass is 10.0. The van der Waals surface area contributed by atoms with E-state index in [-0.39, 0.29) is 22.7 Å². The lowest BCUT2D eigenvalue weighted by Crippen LogP contribution is -2.38. The Kier molecular flexibility index (Phi) is 5.96. The van der Waals surface area contributed by atoms with Gasteiger partial charge < -0.3 is 19.1 Å². The number of nitro benzene ring substituents is 1. The van der Waals surface area contributed by atoms with Crippen LogP contribution in [0.15, 0.2) is 36.4 Å². The molecule has 1 aliphatic heterocycles. The van der Waals surface area contributed by atoms with Crippen molar-refractivity contribution in [2.75, 3.05) is 32.3 Å². The number of ether oxygens (including phenoxy) is 3. The molecule has 1 aliphatic rings. The highest BCUT2D eigenvalue weighted by atomic mass is 16.6. The van der Waals surface area contributed by atoms with Crippen LogP contribution in [0.4, 0.5) is 11.4 Å². The van der Waals surface area contributed by atoms with E-state index in [1.807, 2.05) is 0 Å². The van der Waals surface area contributed by atoms with Crippen molar-refractivity contribution >= 4 is 23.3 Å². The zero-order chi connectivity index (χ0) is 21.0. The minimum absolute atomic E-state index is 0.0206. The summed E-state index contributed by atoms with van der Waals surface area (Å²) in [6.45, 7) is -0.0321. The second kappa shape index (κ2) is 8.59. The van der Waals surface area contributed by atoms with E-state index in [1.165, 1.54) is 31.3 Å². The van der Waals surface area contributed by atoms with Crippen molar-refractivity contribution in [1.82, 2.24) is 0 Å². The fourth-order valence-corrected chi connectivity index (χ4v) is 3.29. The van der Waals surface area contributed by atoms with E-state index in [0.717, 1.165) is 5.56 Å². The molecule has 0 radical (unpaired) electrons. The van der Waals surface area contributed by atoms with Gasteiger partial charge in [-0.25, -0.2) is 4.79 Å². The number of carbonyl (C=O) groups excluding carboxylic acids is 2. The number of carbonyl (C=O) groups is 2. The Bertz CT molecular complexity index is 936. The number of anilines is 1. The Morgan fingerprint density at radius 2 is 1.83 bits per heavy atom. The van der Waals surface area contributed by atoms with Crippen LogP contribution in [0.1, 0.15) is 22.3 Å². The Hall–Kier alpha value is -3.62. The number of rotatable bonds is 6. The Labute approximate surface area is 166 Å². The van der Waals surface area contributed by atoms with Crippen LogP contribution in [0.3, 0.4) is 0 Å². The van der Waals surface area contributed by atoms with Gasteiger partial charge in [0, 0.05) is 24.4 Å². The first-order chi connectivity index (χ1) is 14.0. The number of aryl methyl sites for hydroxylation is 1. The summed E-state index contributed by atoms with van der Waals surface area (Å²) in [7, 11) is 2.83. The second-order valence-corrected chi connectivity index (χ2v) is 6.33. The molecule has 0 unspecified atom stereocenters. The fraction of sp³-hybridized carbons (Fsp3) is 0.300. The van der Waals surface area contributed by atoms with Gasteiger partial charge in [0.2, 0.25) is 0 Å². The third-order valence-corrected chi connectivity index (χ3v) is 4.65. The van der Waals surface area contributed by atoms with Crippen LogP contribution in [0, 0.1) is 10.1 Å². The molecule has 2 aromatic carbocycles. The molecule has 9 nitrogen and oxygen atoms in total. The molecule has 152 valence electrons. The van der Waals surface area contributed by atoms with Gasteiger partial charge in [-0.05, 0) is 36.6 Å². The van der Waals surface area contributed by atoms with Crippen molar-refractivity contribution in [3.05, 3.63) is 57.6 Å². The van der Waals surface area contributed by atoms with E-state index in [2.05, 4.69) is 0 Å². The number of methoxy groups -OCH3 is 2. The van der Waals surface area contributed by atoms with E-state index in [0.29, 0.717) is 25.1 Å². The highest BCUT2D eigenvalue weighted by Crippen LogP contribution is 2.31. The van der Waals surface area contributed by atoms with Gasteiger partial charge in [0.05, 0.1) is 19.1 Å². The van der Waals surface area contributed by atoms with Gasteiger partial charge in [0.15, 0.2) is 6.61 Å². The van der Waals surface area contributed by atoms with Crippen molar-refractivity contribution in [2.24, 2.45) is 0 Å². The molecule has 29 heavy (non-hydrogen) atoms. The maximum absolute atomic E-state index is 12.7. The van der Waals surface area contributed by atoms with Crippen LogP contribution >= 0.6 is 0 Å². The van der Waals surface area contributed by atoms with Crippen LogP contribution in [-0.4, -0.2) is 44.2 Å². The van der Waals surface area contributed by atoms with Gasteiger partial charge in [-0.15, -0.1) is 0 Å². The van der Waals surface area contributed by atoms with E-state index in [9.17, 15) is 19.7 Å². The number of hydrogen-bond donors (Lipinski definition) is 0. The van der Waals surface area contributed by atoms with Crippen LogP contribution in [0.5, 0.6) is 11.5 Å². The first-order valence-electron chi connectivity index (χ1n) is 8.92. The molecular weight excluding hydrogens is 380 g/mol. The quantitative estimate of drug-likeness (QED) is 0.417. The van der Waals surface area contributed by atoms with Gasteiger partial charge in [-0.1, -0.05) is 6.07 Å². The smallest absolute Gasteiger partial charge is 0.346 e. The molecule has 0 saturated carbocycles. The topological polar surface area (TPSA) is 108 Å². The predicted octanol–water partition coefficient (Wildman–Crippen LogP) is 2.75. The summed E-state index contributed by atoms with van der Waals surface area (Å²) < 4.78 is 15.6. The first-order valence-corrected chi connectivity index (χ1v) is 8.92. The third-order valence-electron chi connectivity index (χ3n) is 4.65. The Morgan fingerprint density at radius 1 is 1.14 bits per heavy atom. The van der Waals surface area contributed by atoms with Crippen molar-refractivity contribution in [3.63, 3.8) is 0 Å². The monoisotopic (exact) mass is 400 g/mol. The number of esters is 1. The van der Waals surface area contributed by atoms with Crippen molar-refractivity contribution in [3.8, 4) is 11.5 Å². The van der Waals surface area contributed by atoms with E-state index in [4.69, 9.17) is 14.2 Å². The zero-order valence-corrected chi connectivity index (χ0v) is 16.0. The molecule has 9 heteroatoms. The van der Waals surface area contributed by atoms with Gasteiger partial charge in [-0.3, -0.25) is 14.9 Å². The molecule has 0 N–H and O–H groups in total. The summed E-state index contributed by atoms with van der Waals surface area (Å²) in [6.07, 6.45) is 1.30. The Balaban J connectivity index is 1.74. The van der Waals surface area contributed by atoms with Gasteiger partial charge in [0.25, 0.3) is 11.6 Å². The number of nitrogens with zero attached hydrogens (tertiary/aromatic N) is 2. The van der Waals surface area contributed by atoms with Crippen LogP contribution < -0.4 is 14.4 Å². The highest BCUT2D eigenvalue weighted by molar-refractivity contribution is 6.00. The number of nitro groups is 1. The van der Waals surface area contributed by atoms with Crippen LogP contribution in [0.2, 0.25) is 0 Å². The summed E-state index contributed by atoms with van der Waals surface area (Å²) in [5, 5.41) is 11.0. The average molecular weight is 400 g/mol. The van der Waals surface area contributed by atoms with Gasteiger partial charge in [-0.2, -0.15) is 0 Å². The number of amides is 1. The summed E-state index contributed by atoms with van der Waals surface area (Å²) in [6, 6.07) is 9.24. The molecule has 0 bridgehead atoms. The molecule has 0 atom stereocenters. The summed E-state index contributed by atoms with van der Waals surface area (Å²) in [4.78, 5) is 37.2. The number of fused-ring (bicyclic) bond motifs is 1. The van der Waals surface area contributed by atoms with Crippen molar-refractivity contribution < 1.29 is 28.7 Å². The SMILES string of the molecule is COc1cccc(OC)c1C(=O)OCC(=O)N1CCCc2cc([N+](=O)[O-])ccc21. The van der Waals surface area contributed by atoms with E-state index >= 15 is 0 Å². The zero-order valence-electron chi connectivity index (χ0n) is 16.0. The van der Waals surface area contributed by atoms with Crippen LogP contribution in [-0.2, 0) is 16.0 Å². The summed E-state index contributed by atoms with van der Waals surface area (Å²) in [5.74, 6) is -0.606. The van der Waals surface area contributed by atoms with Crippen molar-refractivity contribution in [2.45, 2.75) is 12.8 Å². The first kappa shape index (κ1) is 20.1. The molecule has 3 rings (SSSR count). The molecule has 0 aromatic heterocycles. The van der Waals surface area contributed by atoms with E-state index < -0.39 is 23.4 Å². The summed E-state index contributed by atoms with van der Waals surface area (Å²) in [5.41, 5.74) is 1.39. The normalized spacial score (nSPS) is 12.7. The molecule has 1 amide bonds. The minimum atomic E-state index is -0.742. The number of benzene rings is 2. The molecule has 0 aliphatic carbocycles. The highest BCUT2D eigenvalue weighted by Gasteiger charge is 2.26. The maximum Gasteiger partial charge on any atom is 0.346 e. The minimum Gasteiger partial charge on any atom is -0.496 e. The number of non-ortho nitro benzene ring substituents is 1. The molecule has 0 fully saturated rings. The second-order valence-electron chi connectivity index (χ2n) is 6.33. The lowest BCUT2D eigenvalue weighted by molar-refractivity contribution is -0.384. The average Bonchev–Trinajstić information content (AvgIpc) is 2.75.